The van der Waals surface area contributed by atoms with E-state index in [2.05, 4.69) is 0 Å². The smallest absolute Gasteiger partial charge is 0.339 e. The van der Waals surface area contributed by atoms with E-state index < -0.39 is 5.97 Å². The van der Waals surface area contributed by atoms with Crippen molar-refractivity contribution >= 4 is 11.9 Å². The lowest BCUT2D eigenvalue weighted by atomic mass is 9.95. The van der Waals surface area contributed by atoms with E-state index in [1.807, 2.05) is 18.2 Å². The minimum absolute atomic E-state index is 0.0719. The summed E-state index contributed by atoms with van der Waals surface area (Å²) >= 11 is 0. The number of carboxylic acids is 1. The summed E-state index contributed by atoms with van der Waals surface area (Å²) in [6.45, 7) is 2.09. The summed E-state index contributed by atoms with van der Waals surface area (Å²) in [5, 5.41) is 9.09. The summed E-state index contributed by atoms with van der Waals surface area (Å²) in [5.41, 5.74) is 1.08. The van der Waals surface area contributed by atoms with Crippen LogP contribution >= 0.6 is 0 Å². The van der Waals surface area contributed by atoms with E-state index >= 15 is 0 Å². The highest BCUT2D eigenvalue weighted by Crippen LogP contribution is 2.31. The van der Waals surface area contributed by atoms with Crippen LogP contribution in [0.3, 0.4) is 0 Å². The molecule has 0 bridgehead atoms. The molecule has 1 aromatic heterocycles. The van der Waals surface area contributed by atoms with Crippen LogP contribution in [0.5, 0.6) is 11.5 Å². The number of amides is 1. The number of hydrogen-bond donors (Lipinski definition) is 1. The predicted molar refractivity (Wildman–Crippen MR) is 92.6 cm³/mol. The Morgan fingerprint density at radius 1 is 1.35 bits per heavy atom. The zero-order valence-corrected chi connectivity index (χ0v) is 14.9. The largest absolute Gasteiger partial charge is 0.497 e. The van der Waals surface area contributed by atoms with Gasteiger partial charge in [-0.15, -0.1) is 0 Å². The van der Waals surface area contributed by atoms with Crippen LogP contribution in [-0.4, -0.2) is 42.6 Å². The van der Waals surface area contributed by atoms with Crippen molar-refractivity contribution in [1.82, 2.24) is 4.90 Å². The van der Waals surface area contributed by atoms with E-state index in [4.69, 9.17) is 19.0 Å². The van der Waals surface area contributed by atoms with Crippen LogP contribution in [0.15, 0.2) is 28.7 Å². The summed E-state index contributed by atoms with van der Waals surface area (Å²) < 4.78 is 16.4. The molecule has 7 heteroatoms. The predicted octanol–water partition coefficient (Wildman–Crippen LogP) is 2.50. The second-order valence-corrected chi connectivity index (χ2v) is 6.37. The quantitative estimate of drug-likeness (QED) is 0.882. The third-order valence-electron chi connectivity index (χ3n) is 4.50. The molecule has 138 valence electrons. The first-order valence-corrected chi connectivity index (χ1v) is 8.26. The molecule has 2 heterocycles. The molecule has 3 rings (SSSR count). The Hall–Kier alpha value is -2.96. The SMILES string of the molecule is COc1ccc2c(c1)OCC(C(=O)N(C)Cc1cc(C(=O)O)c(C)o1)C2. The van der Waals surface area contributed by atoms with Crippen molar-refractivity contribution < 1.29 is 28.6 Å². The second-order valence-electron chi connectivity index (χ2n) is 6.37. The topological polar surface area (TPSA) is 89.2 Å². The van der Waals surface area contributed by atoms with E-state index in [-0.39, 0.29) is 23.9 Å². The number of carboxylic acid groups (broad SMARTS) is 1. The number of benzene rings is 1. The van der Waals surface area contributed by atoms with Gasteiger partial charge in [0.25, 0.3) is 0 Å². The lowest BCUT2D eigenvalue weighted by Gasteiger charge is -2.28. The number of hydrogen-bond acceptors (Lipinski definition) is 5. The third-order valence-corrected chi connectivity index (χ3v) is 4.50. The van der Waals surface area contributed by atoms with Crippen molar-refractivity contribution in [1.29, 1.82) is 0 Å². The molecule has 1 amide bonds. The fourth-order valence-corrected chi connectivity index (χ4v) is 3.10. The zero-order chi connectivity index (χ0) is 18.8. The molecule has 0 fully saturated rings. The van der Waals surface area contributed by atoms with Gasteiger partial charge in [-0.1, -0.05) is 6.07 Å². The Bertz CT molecular complexity index is 841. The number of nitrogens with zero attached hydrogens (tertiary/aromatic N) is 1. The van der Waals surface area contributed by atoms with E-state index in [1.54, 1.807) is 21.1 Å². The van der Waals surface area contributed by atoms with Gasteiger partial charge in [0.1, 0.15) is 35.2 Å². The van der Waals surface area contributed by atoms with E-state index in [9.17, 15) is 9.59 Å². The lowest BCUT2D eigenvalue weighted by molar-refractivity contribution is -0.136. The van der Waals surface area contributed by atoms with Crippen molar-refractivity contribution in [3.63, 3.8) is 0 Å². The number of furan rings is 1. The number of carbonyl (C=O) groups excluding carboxylic acids is 1. The van der Waals surface area contributed by atoms with Crippen molar-refractivity contribution in [3.8, 4) is 11.5 Å². The lowest BCUT2D eigenvalue weighted by Crippen LogP contribution is -2.38. The standard InChI is InChI=1S/C19H21NO6/c1-11-16(19(22)23)7-15(26-11)9-20(2)18(21)13-6-12-4-5-14(24-3)8-17(12)25-10-13/h4-5,7-8,13H,6,9-10H2,1-3H3,(H,22,23). The Kier molecular flexibility index (Phi) is 4.88. The molecule has 0 radical (unpaired) electrons. The van der Waals surface area contributed by atoms with Gasteiger partial charge in [-0.3, -0.25) is 4.79 Å². The number of carbonyl (C=O) groups is 2. The Balaban J connectivity index is 1.67. The molecule has 0 saturated carbocycles. The minimum Gasteiger partial charge on any atom is -0.497 e. The first-order valence-electron chi connectivity index (χ1n) is 8.26. The summed E-state index contributed by atoms with van der Waals surface area (Å²) in [6.07, 6.45) is 0.583. The van der Waals surface area contributed by atoms with Crippen LogP contribution in [0, 0.1) is 12.8 Å². The van der Waals surface area contributed by atoms with Gasteiger partial charge in [-0.25, -0.2) is 4.79 Å². The van der Waals surface area contributed by atoms with E-state index in [0.717, 1.165) is 11.3 Å². The van der Waals surface area contributed by atoms with Crippen molar-refractivity contribution in [3.05, 3.63) is 46.9 Å². The number of aromatic carboxylic acids is 1. The molecule has 1 atom stereocenters. The highest BCUT2D eigenvalue weighted by atomic mass is 16.5. The van der Waals surface area contributed by atoms with Gasteiger partial charge in [-0.05, 0) is 31.0 Å². The maximum absolute atomic E-state index is 12.7. The molecule has 1 N–H and O–H groups in total. The molecule has 0 saturated heterocycles. The van der Waals surface area contributed by atoms with E-state index in [0.29, 0.717) is 30.3 Å². The molecule has 7 nitrogen and oxygen atoms in total. The summed E-state index contributed by atoms with van der Waals surface area (Å²) in [6, 6.07) is 7.03. The van der Waals surface area contributed by atoms with Gasteiger partial charge in [-0.2, -0.15) is 0 Å². The maximum Gasteiger partial charge on any atom is 0.339 e. The number of aryl methyl sites for hydroxylation is 1. The van der Waals surface area contributed by atoms with Gasteiger partial charge >= 0.3 is 5.97 Å². The molecule has 0 aliphatic carbocycles. The first kappa shape index (κ1) is 17.8. The van der Waals surface area contributed by atoms with Crippen LogP contribution in [-0.2, 0) is 17.8 Å². The third kappa shape index (κ3) is 3.51. The van der Waals surface area contributed by atoms with Crippen LogP contribution < -0.4 is 9.47 Å². The van der Waals surface area contributed by atoms with Crippen molar-refractivity contribution in [2.24, 2.45) is 5.92 Å². The van der Waals surface area contributed by atoms with Crippen molar-refractivity contribution in [2.75, 3.05) is 20.8 Å². The monoisotopic (exact) mass is 359 g/mol. The fraction of sp³-hybridized carbons (Fsp3) is 0.368. The molecular weight excluding hydrogens is 338 g/mol. The van der Waals surface area contributed by atoms with Gasteiger partial charge in [0.05, 0.1) is 19.6 Å². The summed E-state index contributed by atoms with van der Waals surface area (Å²) in [5.74, 6) is 0.819. The minimum atomic E-state index is -1.04. The number of ether oxygens (including phenoxy) is 2. The highest BCUT2D eigenvalue weighted by Gasteiger charge is 2.29. The normalized spacial score (nSPS) is 15.7. The van der Waals surface area contributed by atoms with Gasteiger partial charge < -0.3 is 23.9 Å². The summed E-state index contributed by atoms with van der Waals surface area (Å²) in [4.78, 5) is 25.4. The van der Waals surface area contributed by atoms with Gasteiger partial charge in [0.2, 0.25) is 5.91 Å². The average Bonchev–Trinajstić information content (AvgIpc) is 3.00. The Morgan fingerprint density at radius 2 is 2.12 bits per heavy atom. The molecule has 1 aromatic carbocycles. The molecule has 1 aliphatic rings. The van der Waals surface area contributed by atoms with Crippen molar-refractivity contribution in [2.45, 2.75) is 19.9 Å². The molecule has 1 unspecified atom stereocenters. The second kappa shape index (κ2) is 7.11. The van der Waals surface area contributed by atoms with E-state index in [1.165, 1.54) is 11.0 Å². The molecular formula is C19H21NO6. The van der Waals surface area contributed by atoms with Crippen LogP contribution in [0.2, 0.25) is 0 Å². The number of rotatable bonds is 5. The molecule has 0 spiro atoms. The number of methoxy groups -OCH3 is 1. The molecule has 2 aromatic rings. The molecule has 1 aliphatic heterocycles. The maximum atomic E-state index is 12.7. The highest BCUT2D eigenvalue weighted by molar-refractivity contribution is 5.88. The first-order chi connectivity index (χ1) is 12.4. The Labute approximate surface area is 151 Å². The average molecular weight is 359 g/mol. The van der Waals surface area contributed by atoms with Crippen LogP contribution in [0.25, 0.3) is 0 Å². The van der Waals surface area contributed by atoms with Crippen LogP contribution in [0.1, 0.15) is 27.4 Å². The van der Waals surface area contributed by atoms with Crippen LogP contribution in [0.4, 0.5) is 0 Å². The van der Waals surface area contributed by atoms with Gasteiger partial charge in [0, 0.05) is 13.1 Å². The Morgan fingerprint density at radius 3 is 2.77 bits per heavy atom. The fourth-order valence-electron chi connectivity index (χ4n) is 3.10. The number of fused-ring (bicyclic) bond motifs is 1. The molecule has 26 heavy (non-hydrogen) atoms. The summed E-state index contributed by atoms with van der Waals surface area (Å²) in [7, 11) is 3.27. The van der Waals surface area contributed by atoms with Gasteiger partial charge in [0.15, 0.2) is 0 Å². The zero-order valence-electron chi connectivity index (χ0n) is 14.9.